The first-order valence-corrected chi connectivity index (χ1v) is 4.75. The van der Waals surface area contributed by atoms with E-state index >= 15 is 0 Å². The van der Waals surface area contributed by atoms with E-state index in [0.29, 0.717) is 16.7 Å². The highest BCUT2D eigenvalue weighted by atomic mass is 16.4. The molecule has 4 nitrogen and oxygen atoms in total. The van der Waals surface area contributed by atoms with Crippen LogP contribution in [0.3, 0.4) is 0 Å². The Morgan fingerprint density at radius 2 is 2.13 bits per heavy atom. The fourth-order valence-corrected chi connectivity index (χ4v) is 1.44. The average molecular weight is 205 g/mol. The number of ketones is 1. The number of carbonyl (C=O) groups excluding carboxylic acids is 1. The summed E-state index contributed by atoms with van der Waals surface area (Å²) >= 11 is 0. The number of hydrogen-bond donors (Lipinski definition) is 1. The van der Waals surface area contributed by atoms with Gasteiger partial charge < -0.3 is 4.42 Å². The third-order valence-electron chi connectivity index (χ3n) is 2.23. The number of fused-ring (bicyclic) bond motifs is 1. The van der Waals surface area contributed by atoms with Crippen molar-refractivity contribution >= 4 is 16.9 Å². The van der Waals surface area contributed by atoms with Gasteiger partial charge in [-0.1, -0.05) is 13.8 Å². The Kier molecular flexibility index (Phi) is 2.19. The van der Waals surface area contributed by atoms with Crippen LogP contribution in [0, 0.1) is 5.92 Å². The number of aromatic amines is 1. The molecule has 0 amide bonds. The molecule has 0 atom stereocenters. The van der Waals surface area contributed by atoms with E-state index in [9.17, 15) is 9.59 Å². The molecular formula is C11H11NO3. The molecule has 0 saturated carbocycles. The lowest BCUT2D eigenvalue weighted by atomic mass is 10.0. The van der Waals surface area contributed by atoms with Crippen LogP contribution < -0.4 is 5.76 Å². The Labute approximate surface area is 85.9 Å². The predicted octanol–water partition coefficient (Wildman–Crippen LogP) is 1.96. The highest BCUT2D eigenvalue weighted by Gasteiger charge is 2.11. The van der Waals surface area contributed by atoms with Crippen molar-refractivity contribution in [2.75, 3.05) is 0 Å². The number of H-pyrrole nitrogens is 1. The van der Waals surface area contributed by atoms with Crippen LogP contribution in [0.5, 0.6) is 0 Å². The molecule has 78 valence electrons. The van der Waals surface area contributed by atoms with E-state index in [2.05, 4.69) is 4.98 Å². The third kappa shape index (κ3) is 1.70. The standard InChI is InChI=1S/C11H11NO3/c1-6(2)10(13)7-3-4-9-8(5-7)12-11(14)15-9/h3-6H,1-2H3,(H,12,14). The average Bonchev–Trinajstić information content (AvgIpc) is 2.55. The minimum absolute atomic E-state index is 0.0546. The van der Waals surface area contributed by atoms with E-state index in [0.717, 1.165) is 0 Å². The van der Waals surface area contributed by atoms with Gasteiger partial charge in [-0.25, -0.2) is 4.79 Å². The molecule has 1 heterocycles. The second-order valence-electron chi connectivity index (χ2n) is 3.74. The summed E-state index contributed by atoms with van der Waals surface area (Å²) in [5, 5.41) is 0. The lowest BCUT2D eigenvalue weighted by Gasteiger charge is -2.02. The van der Waals surface area contributed by atoms with Gasteiger partial charge in [0, 0.05) is 11.5 Å². The second kappa shape index (κ2) is 3.38. The largest absolute Gasteiger partial charge is 0.417 e. The Morgan fingerprint density at radius 3 is 2.80 bits per heavy atom. The van der Waals surface area contributed by atoms with Crippen LogP contribution in [0.1, 0.15) is 24.2 Å². The number of hydrogen-bond acceptors (Lipinski definition) is 3. The SMILES string of the molecule is CC(C)C(=O)c1ccc2oc(=O)[nH]c2c1. The number of aromatic nitrogens is 1. The number of rotatable bonds is 2. The zero-order valence-corrected chi connectivity index (χ0v) is 8.53. The fraction of sp³-hybridized carbons (Fsp3) is 0.273. The monoisotopic (exact) mass is 205 g/mol. The zero-order chi connectivity index (χ0) is 11.0. The molecule has 4 heteroatoms. The number of oxazole rings is 1. The third-order valence-corrected chi connectivity index (χ3v) is 2.23. The fourth-order valence-electron chi connectivity index (χ4n) is 1.44. The summed E-state index contributed by atoms with van der Waals surface area (Å²) in [5.41, 5.74) is 1.63. The van der Waals surface area contributed by atoms with Gasteiger partial charge in [0.1, 0.15) is 0 Å². The van der Waals surface area contributed by atoms with E-state index in [4.69, 9.17) is 4.42 Å². The van der Waals surface area contributed by atoms with Crippen molar-refractivity contribution in [1.29, 1.82) is 0 Å². The maximum absolute atomic E-state index is 11.7. The lowest BCUT2D eigenvalue weighted by molar-refractivity contribution is 0.0939. The summed E-state index contributed by atoms with van der Waals surface area (Å²) in [6, 6.07) is 4.94. The van der Waals surface area contributed by atoms with Crippen molar-refractivity contribution < 1.29 is 9.21 Å². The van der Waals surface area contributed by atoms with E-state index in [-0.39, 0.29) is 11.7 Å². The molecule has 0 bridgehead atoms. The normalized spacial score (nSPS) is 11.1. The highest BCUT2D eigenvalue weighted by molar-refractivity contribution is 5.99. The molecule has 1 N–H and O–H groups in total. The van der Waals surface area contributed by atoms with Crippen LogP contribution in [-0.2, 0) is 0 Å². The first kappa shape index (κ1) is 9.71. The number of benzene rings is 1. The molecule has 0 fully saturated rings. The van der Waals surface area contributed by atoms with Gasteiger partial charge in [0.2, 0.25) is 0 Å². The van der Waals surface area contributed by atoms with Gasteiger partial charge >= 0.3 is 5.76 Å². The van der Waals surface area contributed by atoms with Crippen molar-refractivity contribution in [3.63, 3.8) is 0 Å². The molecule has 15 heavy (non-hydrogen) atoms. The molecule has 2 rings (SSSR count). The maximum Gasteiger partial charge on any atom is 0.417 e. The molecule has 0 radical (unpaired) electrons. The number of carbonyl (C=O) groups is 1. The Balaban J connectivity index is 2.55. The van der Waals surface area contributed by atoms with Crippen LogP contribution in [0.25, 0.3) is 11.1 Å². The van der Waals surface area contributed by atoms with Gasteiger partial charge in [0.05, 0.1) is 5.52 Å². The van der Waals surface area contributed by atoms with Crippen molar-refractivity contribution in [1.82, 2.24) is 4.98 Å². The molecule has 0 spiro atoms. The molecule has 2 aromatic rings. The minimum Gasteiger partial charge on any atom is -0.408 e. The van der Waals surface area contributed by atoms with Crippen LogP contribution in [0.4, 0.5) is 0 Å². The van der Waals surface area contributed by atoms with Gasteiger partial charge in [0.25, 0.3) is 0 Å². The van der Waals surface area contributed by atoms with Crippen molar-refractivity contribution in [3.8, 4) is 0 Å². The Hall–Kier alpha value is -1.84. The van der Waals surface area contributed by atoms with Crippen molar-refractivity contribution in [2.45, 2.75) is 13.8 Å². The summed E-state index contributed by atoms with van der Waals surface area (Å²) in [4.78, 5) is 25.1. The molecule has 1 aromatic carbocycles. The molecule has 1 aromatic heterocycles. The molecule has 0 saturated heterocycles. The summed E-state index contributed by atoms with van der Waals surface area (Å²) in [6.07, 6.45) is 0. The maximum atomic E-state index is 11.7. The van der Waals surface area contributed by atoms with E-state index < -0.39 is 5.76 Å². The van der Waals surface area contributed by atoms with Gasteiger partial charge in [-0.2, -0.15) is 0 Å². The van der Waals surface area contributed by atoms with Gasteiger partial charge in [0.15, 0.2) is 11.4 Å². The summed E-state index contributed by atoms with van der Waals surface area (Å²) in [6.45, 7) is 3.68. The van der Waals surface area contributed by atoms with Gasteiger partial charge in [-0.05, 0) is 18.2 Å². The van der Waals surface area contributed by atoms with E-state index in [1.807, 2.05) is 13.8 Å². The first-order chi connectivity index (χ1) is 7.08. The number of Topliss-reactive ketones (excluding diaryl/α,β-unsaturated/α-hetero) is 1. The molecule has 0 unspecified atom stereocenters. The van der Waals surface area contributed by atoms with Crippen LogP contribution in [0.2, 0.25) is 0 Å². The summed E-state index contributed by atoms with van der Waals surface area (Å²) in [5.74, 6) is -0.501. The smallest absolute Gasteiger partial charge is 0.408 e. The van der Waals surface area contributed by atoms with E-state index in [1.165, 1.54) is 0 Å². The van der Waals surface area contributed by atoms with Crippen LogP contribution in [-0.4, -0.2) is 10.8 Å². The zero-order valence-electron chi connectivity index (χ0n) is 8.53. The van der Waals surface area contributed by atoms with Crippen LogP contribution in [0.15, 0.2) is 27.4 Å². The van der Waals surface area contributed by atoms with Crippen LogP contribution >= 0.6 is 0 Å². The van der Waals surface area contributed by atoms with E-state index in [1.54, 1.807) is 18.2 Å². The van der Waals surface area contributed by atoms with Crippen molar-refractivity contribution in [2.24, 2.45) is 5.92 Å². The molecule has 0 aliphatic rings. The molecule has 0 aliphatic carbocycles. The lowest BCUT2D eigenvalue weighted by Crippen LogP contribution is -2.06. The first-order valence-electron chi connectivity index (χ1n) is 4.75. The molecule has 0 aliphatic heterocycles. The van der Waals surface area contributed by atoms with Gasteiger partial charge in [-0.15, -0.1) is 0 Å². The van der Waals surface area contributed by atoms with Gasteiger partial charge in [-0.3, -0.25) is 9.78 Å². The highest BCUT2D eigenvalue weighted by Crippen LogP contribution is 2.15. The molecular weight excluding hydrogens is 194 g/mol. The topological polar surface area (TPSA) is 63.1 Å². The predicted molar refractivity (Wildman–Crippen MR) is 56.0 cm³/mol. The van der Waals surface area contributed by atoms with Crippen molar-refractivity contribution in [3.05, 3.63) is 34.3 Å². The Bertz CT molecular complexity index is 562. The minimum atomic E-state index is -0.501. The summed E-state index contributed by atoms with van der Waals surface area (Å²) in [7, 11) is 0. The number of nitrogens with one attached hydrogen (secondary N) is 1. The summed E-state index contributed by atoms with van der Waals surface area (Å²) < 4.78 is 4.84. The second-order valence-corrected chi connectivity index (χ2v) is 3.74. The Morgan fingerprint density at radius 1 is 1.40 bits per heavy atom. The quantitative estimate of drug-likeness (QED) is 0.762.